The van der Waals surface area contributed by atoms with E-state index < -0.39 is 0 Å². The summed E-state index contributed by atoms with van der Waals surface area (Å²) in [5.74, 6) is 0.635. The van der Waals surface area contributed by atoms with Crippen LogP contribution in [-0.4, -0.2) is 33.8 Å². The fraction of sp³-hybridized carbons (Fsp3) is 0.357. The number of amides is 1. The third-order valence-corrected chi connectivity index (χ3v) is 3.49. The van der Waals surface area contributed by atoms with Crippen LogP contribution in [-0.2, 0) is 13.1 Å². The third-order valence-electron chi connectivity index (χ3n) is 3.49. The van der Waals surface area contributed by atoms with E-state index in [1.807, 2.05) is 29.7 Å². The minimum Gasteiger partial charge on any atom is -0.382 e. The standard InChI is InChI=1S/C14H18N6O/c1-2-20-9-18-19-12(20)8-17-14(21)10-4-3-5-11-13(10)16-7-6-15-11/h3-5,9,15-16H,2,6-8H2,1H3,(H,17,21). The average Bonchev–Trinajstić information content (AvgIpc) is 2.99. The van der Waals surface area contributed by atoms with Gasteiger partial charge in [0.25, 0.3) is 5.91 Å². The van der Waals surface area contributed by atoms with Crippen LogP contribution in [0.4, 0.5) is 11.4 Å². The Bertz CT molecular complexity index is 651. The number of aryl methyl sites for hydroxylation is 1. The van der Waals surface area contributed by atoms with Crippen molar-refractivity contribution in [3.8, 4) is 0 Å². The van der Waals surface area contributed by atoms with Crippen LogP contribution in [0.3, 0.4) is 0 Å². The molecule has 7 nitrogen and oxygen atoms in total. The van der Waals surface area contributed by atoms with E-state index in [2.05, 4.69) is 26.1 Å². The Morgan fingerprint density at radius 3 is 3.10 bits per heavy atom. The zero-order chi connectivity index (χ0) is 14.7. The third kappa shape index (κ3) is 2.67. The minimum atomic E-state index is -0.117. The van der Waals surface area contributed by atoms with Crippen molar-refractivity contribution in [2.45, 2.75) is 20.0 Å². The molecule has 0 unspecified atom stereocenters. The Labute approximate surface area is 122 Å². The maximum Gasteiger partial charge on any atom is 0.253 e. The maximum atomic E-state index is 12.4. The van der Waals surface area contributed by atoms with Crippen molar-refractivity contribution in [1.29, 1.82) is 0 Å². The molecule has 0 atom stereocenters. The molecule has 0 radical (unpaired) electrons. The molecule has 1 amide bonds. The number of fused-ring (bicyclic) bond motifs is 1. The summed E-state index contributed by atoms with van der Waals surface area (Å²) in [6.07, 6.45) is 1.66. The van der Waals surface area contributed by atoms with Crippen molar-refractivity contribution in [2.75, 3.05) is 23.7 Å². The average molecular weight is 286 g/mol. The molecule has 3 rings (SSSR count). The van der Waals surface area contributed by atoms with E-state index >= 15 is 0 Å². The summed E-state index contributed by atoms with van der Waals surface area (Å²) in [5, 5.41) is 17.3. The number of nitrogens with zero attached hydrogens (tertiary/aromatic N) is 3. The minimum absolute atomic E-state index is 0.117. The summed E-state index contributed by atoms with van der Waals surface area (Å²) in [4.78, 5) is 12.4. The molecule has 0 aliphatic carbocycles. The quantitative estimate of drug-likeness (QED) is 0.783. The van der Waals surface area contributed by atoms with E-state index in [0.717, 1.165) is 36.8 Å². The molecule has 1 aromatic heterocycles. The molecule has 0 spiro atoms. The molecule has 110 valence electrons. The molecular weight excluding hydrogens is 268 g/mol. The predicted molar refractivity (Wildman–Crippen MR) is 80.3 cm³/mol. The van der Waals surface area contributed by atoms with Gasteiger partial charge < -0.3 is 20.5 Å². The van der Waals surface area contributed by atoms with Gasteiger partial charge in [-0.2, -0.15) is 0 Å². The Morgan fingerprint density at radius 2 is 2.24 bits per heavy atom. The van der Waals surface area contributed by atoms with Crippen molar-refractivity contribution in [3.05, 3.63) is 35.9 Å². The molecule has 7 heteroatoms. The van der Waals surface area contributed by atoms with Crippen LogP contribution in [0.25, 0.3) is 0 Å². The summed E-state index contributed by atoms with van der Waals surface area (Å²) in [6.45, 7) is 4.82. The van der Waals surface area contributed by atoms with Gasteiger partial charge >= 0.3 is 0 Å². The second kappa shape index (κ2) is 5.82. The van der Waals surface area contributed by atoms with Gasteiger partial charge in [-0.15, -0.1) is 10.2 Å². The van der Waals surface area contributed by atoms with Crippen LogP contribution in [0.2, 0.25) is 0 Å². The van der Waals surface area contributed by atoms with E-state index in [4.69, 9.17) is 0 Å². The largest absolute Gasteiger partial charge is 0.382 e. The lowest BCUT2D eigenvalue weighted by Gasteiger charge is -2.22. The lowest BCUT2D eigenvalue weighted by Crippen LogP contribution is -2.28. The van der Waals surface area contributed by atoms with Crippen molar-refractivity contribution in [2.24, 2.45) is 0 Å². The Balaban J connectivity index is 1.74. The first-order valence-corrected chi connectivity index (χ1v) is 7.05. The van der Waals surface area contributed by atoms with Crippen LogP contribution in [0.15, 0.2) is 24.5 Å². The second-order valence-corrected chi connectivity index (χ2v) is 4.80. The summed E-state index contributed by atoms with van der Waals surface area (Å²) in [5.41, 5.74) is 2.46. The summed E-state index contributed by atoms with van der Waals surface area (Å²) in [6, 6.07) is 5.66. The normalized spacial score (nSPS) is 13.0. The van der Waals surface area contributed by atoms with Crippen LogP contribution in [0.1, 0.15) is 23.1 Å². The number of hydrogen-bond donors (Lipinski definition) is 3. The zero-order valence-electron chi connectivity index (χ0n) is 11.9. The van der Waals surface area contributed by atoms with Gasteiger partial charge in [-0.05, 0) is 19.1 Å². The van der Waals surface area contributed by atoms with Crippen molar-refractivity contribution in [1.82, 2.24) is 20.1 Å². The number of aromatic nitrogens is 3. The van der Waals surface area contributed by atoms with Gasteiger partial charge in [-0.25, -0.2) is 0 Å². The van der Waals surface area contributed by atoms with E-state index in [1.54, 1.807) is 6.33 Å². The number of anilines is 2. The first kappa shape index (κ1) is 13.4. The Kier molecular flexibility index (Phi) is 3.72. The second-order valence-electron chi connectivity index (χ2n) is 4.80. The van der Waals surface area contributed by atoms with Crippen molar-refractivity contribution in [3.63, 3.8) is 0 Å². The molecule has 1 aromatic carbocycles. The molecule has 1 aliphatic rings. The van der Waals surface area contributed by atoms with Gasteiger partial charge in [0.15, 0.2) is 5.82 Å². The predicted octanol–water partition coefficient (Wildman–Crippen LogP) is 1.07. The topological polar surface area (TPSA) is 83.9 Å². The zero-order valence-corrected chi connectivity index (χ0v) is 11.9. The van der Waals surface area contributed by atoms with Gasteiger partial charge in [0.2, 0.25) is 0 Å². The number of carbonyl (C=O) groups is 1. The highest BCUT2D eigenvalue weighted by Crippen LogP contribution is 2.28. The van der Waals surface area contributed by atoms with Crippen LogP contribution >= 0.6 is 0 Å². The van der Waals surface area contributed by atoms with Crippen molar-refractivity contribution < 1.29 is 4.79 Å². The van der Waals surface area contributed by atoms with E-state index in [-0.39, 0.29) is 5.91 Å². The number of benzene rings is 1. The van der Waals surface area contributed by atoms with Gasteiger partial charge in [-0.3, -0.25) is 4.79 Å². The van der Waals surface area contributed by atoms with Gasteiger partial charge in [-0.1, -0.05) is 6.07 Å². The first-order valence-electron chi connectivity index (χ1n) is 7.05. The molecule has 3 N–H and O–H groups in total. The molecular formula is C14H18N6O. The summed E-state index contributed by atoms with van der Waals surface area (Å²) < 4.78 is 1.90. The number of carbonyl (C=O) groups excluding carboxylic acids is 1. The molecule has 0 bridgehead atoms. The highest BCUT2D eigenvalue weighted by Gasteiger charge is 2.17. The fourth-order valence-electron chi connectivity index (χ4n) is 2.40. The highest BCUT2D eigenvalue weighted by atomic mass is 16.1. The molecule has 0 saturated carbocycles. The number of rotatable bonds is 4. The summed E-state index contributed by atoms with van der Waals surface area (Å²) in [7, 11) is 0. The molecule has 1 aliphatic heterocycles. The number of hydrogen-bond acceptors (Lipinski definition) is 5. The fourth-order valence-corrected chi connectivity index (χ4v) is 2.40. The van der Waals surface area contributed by atoms with Crippen LogP contribution in [0, 0.1) is 0 Å². The first-order chi connectivity index (χ1) is 10.3. The number of nitrogens with one attached hydrogen (secondary N) is 3. The lowest BCUT2D eigenvalue weighted by atomic mass is 10.1. The van der Waals surface area contributed by atoms with Crippen molar-refractivity contribution >= 4 is 17.3 Å². The Morgan fingerprint density at radius 1 is 1.38 bits per heavy atom. The van der Waals surface area contributed by atoms with Gasteiger partial charge in [0, 0.05) is 19.6 Å². The highest BCUT2D eigenvalue weighted by molar-refractivity contribution is 6.02. The molecule has 0 saturated heterocycles. The van der Waals surface area contributed by atoms with Crippen LogP contribution < -0.4 is 16.0 Å². The number of para-hydroxylation sites is 1. The molecule has 2 heterocycles. The SMILES string of the molecule is CCn1cnnc1CNC(=O)c1cccc2c1NCCN2. The smallest absolute Gasteiger partial charge is 0.253 e. The van der Waals surface area contributed by atoms with E-state index in [1.165, 1.54) is 0 Å². The van der Waals surface area contributed by atoms with Gasteiger partial charge in [0.05, 0.1) is 23.5 Å². The molecule has 0 fully saturated rings. The molecule has 21 heavy (non-hydrogen) atoms. The van der Waals surface area contributed by atoms with Crippen LogP contribution in [0.5, 0.6) is 0 Å². The van der Waals surface area contributed by atoms with E-state index in [9.17, 15) is 4.79 Å². The summed E-state index contributed by atoms with van der Waals surface area (Å²) >= 11 is 0. The van der Waals surface area contributed by atoms with Gasteiger partial charge in [0.1, 0.15) is 6.33 Å². The maximum absolute atomic E-state index is 12.4. The lowest BCUT2D eigenvalue weighted by molar-refractivity contribution is 0.0950. The van der Waals surface area contributed by atoms with E-state index in [0.29, 0.717) is 12.1 Å². The Hall–Kier alpha value is -2.57. The molecule has 2 aromatic rings. The monoisotopic (exact) mass is 286 g/mol.